The number of hydrogen-bond donors (Lipinski definition) is 3. The number of ether oxygens (including phenoxy) is 1. The molecule has 0 aliphatic heterocycles. The lowest BCUT2D eigenvalue weighted by Crippen LogP contribution is -2.24. The zero-order valence-corrected chi connectivity index (χ0v) is 15.0. The van der Waals surface area contributed by atoms with Gasteiger partial charge in [0.05, 0.1) is 19.0 Å². The van der Waals surface area contributed by atoms with Crippen molar-refractivity contribution in [3.8, 4) is 11.5 Å². The van der Waals surface area contributed by atoms with E-state index in [0.29, 0.717) is 13.0 Å². The number of nitrogens with one attached hydrogen (secondary N) is 2. The first-order chi connectivity index (χ1) is 13.1. The predicted molar refractivity (Wildman–Crippen MR) is 106 cm³/mol. The van der Waals surface area contributed by atoms with Crippen LogP contribution in [0.15, 0.2) is 60.7 Å². The molecule has 1 heterocycles. The van der Waals surface area contributed by atoms with Crippen molar-refractivity contribution >= 4 is 27.7 Å². The molecule has 0 aliphatic carbocycles. The Labute approximate surface area is 156 Å². The number of methoxy groups -OCH3 is 1. The summed E-state index contributed by atoms with van der Waals surface area (Å²) in [6.45, 7) is 0.391. The number of phenolic OH excluding ortho intramolecular Hbond substituents is 1. The number of carbonyl (C=O) groups excluding carboxylic acids is 1. The van der Waals surface area contributed by atoms with Gasteiger partial charge in [0.2, 0.25) is 5.91 Å². The summed E-state index contributed by atoms with van der Waals surface area (Å²) in [5.41, 5.74) is 3.81. The van der Waals surface area contributed by atoms with Crippen molar-refractivity contribution in [2.45, 2.75) is 13.0 Å². The second kappa shape index (κ2) is 7.03. The highest BCUT2D eigenvalue weighted by atomic mass is 16.5. The van der Waals surface area contributed by atoms with Crippen LogP contribution in [0.5, 0.6) is 11.5 Å². The van der Waals surface area contributed by atoms with Crippen LogP contribution < -0.4 is 10.1 Å². The Morgan fingerprint density at radius 2 is 1.78 bits per heavy atom. The lowest BCUT2D eigenvalue weighted by Gasteiger charge is -2.06. The minimum atomic E-state index is -0.0597. The lowest BCUT2D eigenvalue weighted by atomic mass is 10.1. The third kappa shape index (κ3) is 3.58. The molecule has 0 atom stereocenters. The molecule has 0 unspecified atom stereocenters. The minimum Gasteiger partial charge on any atom is -0.508 e. The van der Waals surface area contributed by atoms with Crippen molar-refractivity contribution in [1.82, 2.24) is 10.3 Å². The largest absolute Gasteiger partial charge is 0.508 e. The molecular formula is C22H20N2O3. The number of hydrogen-bond acceptors (Lipinski definition) is 3. The molecule has 136 valence electrons. The molecule has 3 N–H and O–H groups in total. The van der Waals surface area contributed by atoms with Crippen molar-refractivity contribution in [2.24, 2.45) is 0 Å². The van der Waals surface area contributed by atoms with Crippen molar-refractivity contribution in [2.75, 3.05) is 7.11 Å². The van der Waals surface area contributed by atoms with Crippen LogP contribution in [0.4, 0.5) is 0 Å². The molecule has 1 amide bonds. The molecule has 5 nitrogen and oxygen atoms in total. The van der Waals surface area contributed by atoms with E-state index in [4.69, 9.17) is 4.74 Å². The highest BCUT2D eigenvalue weighted by Gasteiger charge is 2.09. The molecule has 0 radical (unpaired) electrons. The van der Waals surface area contributed by atoms with Gasteiger partial charge in [-0.3, -0.25) is 4.79 Å². The summed E-state index contributed by atoms with van der Waals surface area (Å²) in [6, 6.07) is 18.9. The fourth-order valence-corrected chi connectivity index (χ4v) is 3.29. The summed E-state index contributed by atoms with van der Waals surface area (Å²) in [7, 11) is 1.65. The normalized spacial score (nSPS) is 11.0. The monoisotopic (exact) mass is 360 g/mol. The van der Waals surface area contributed by atoms with Gasteiger partial charge in [-0.2, -0.15) is 0 Å². The number of aromatic nitrogens is 1. The van der Waals surface area contributed by atoms with Gasteiger partial charge in [-0.25, -0.2) is 0 Å². The van der Waals surface area contributed by atoms with Gasteiger partial charge in [-0.1, -0.05) is 24.3 Å². The van der Waals surface area contributed by atoms with E-state index in [9.17, 15) is 9.90 Å². The van der Waals surface area contributed by atoms with Crippen LogP contribution in [-0.4, -0.2) is 23.1 Å². The van der Waals surface area contributed by atoms with Crippen LogP contribution in [0.25, 0.3) is 21.8 Å². The average Bonchev–Trinajstić information content (AvgIpc) is 3.03. The number of benzene rings is 3. The Kier molecular flexibility index (Phi) is 4.42. The van der Waals surface area contributed by atoms with Crippen LogP contribution in [0.2, 0.25) is 0 Å². The molecule has 4 aromatic rings. The average molecular weight is 360 g/mol. The predicted octanol–water partition coefficient (Wildman–Crippen LogP) is 3.89. The highest BCUT2D eigenvalue weighted by molar-refractivity contribution is 6.07. The maximum absolute atomic E-state index is 12.3. The topological polar surface area (TPSA) is 74.4 Å². The second-order valence-corrected chi connectivity index (χ2v) is 6.54. The van der Waals surface area contributed by atoms with E-state index in [1.807, 2.05) is 42.5 Å². The van der Waals surface area contributed by atoms with E-state index in [2.05, 4.69) is 10.3 Å². The van der Waals surface area contributed by atoms with E-state index < -0.39 is 0 Å². The summed E-state index contributed by atoms with van der Waals surface area (Å²) in [6.07, 6.45) is 0.299. The smallest absolute Gasteiger partial charge is 0.224 e. The number of fused-ring (bicyclic) bond motifs is 3. The van der Waals surface area contributed by atoms with Crippen molar-refractivity contribution in [3.05, 3.63) is 71.8 Å². The van der Waals surface area contributed by atoms with Crippen LogP contribution in [-0.2, 0) is 17.8 Å². The fraction of sp³-hybridized carbons (Fsp3) is 0.136. The summed E-state index contributed by atoms with van der Waals surface area (Å²) in [5, 5.41) is 14.6. The van der Waals surface area contributed by atoms with Crippen molar-refractivity contribution in [3.63, 3.8) is 0 Å². The quantitative estimate of drug-likeness (QED) is 0.505. The molecule has 0 bridgehead atoms. The number of aromatic amines is 1. The molecule has 0 fully saturated rings. The van der Waals surface area contributed by atoms with Gasteiger partial charge in [0.15, 0.2) is 0 Å². The van der Waals surface area contributed by atoms with Gasteiger partial charge in [-0.15, -0.1) is 0 Å². The van der Waals surface area contributed by atoms with E-state index in [1.165, 1.54) is 0 Å². The molecule has 27 heavy (non-hydrogen) atoms. The molecule has 3 aromatic carbocycles. The second-order valence-electron chi connectivity index (χ2n) is 6.54. The maximum atomic E-state index is 12.3. The number of carbonyl (C=O) groups is 1. The minimum absolute atomic E-state index is 0.0597. The third-order valence-corrected chi connectivity index (χ3v) is 4.64. The van der Waals surface area contributed by atoms with Gasteiger partial charge >= 0.3 is 0 Å². The zero-order chi connectivity index (χ0) is 18.8. The van der Waals surface area contributed by atoms with E-state index in [0.717, 1.165) is 38.7 Å². The molecule has 5 heteroatoms. The summed E-state index contributed by atoms with van der Waals surface area (Å²) in [4.78, 5) is 15.7. The number of H-pyrrole nitrogens is 1. The third-order valence-electron chi connectivity index (χ3n) is 4.64. The molecule has 4 rings (SSSR count). The SMILES string of the molecule is COc1ccc2c(c1)[nH]c1cc(CC(=O)NCc3cccc(O)c3)ccc12. The van der Waals surface area contributed by atoms with Gasteiger partial charge < -0.3 is 20.1 Å². The van der Waals surface area contributed by atoms with E-state index in [-0.39, 0.29) is 11.7 Å². The first-order valence-corrected chi connectivity index (χ1v) is 8.75. The van der Waals surface area contributed by atoms with Crippen LogP contribution in [0.1, 0.15) is 11.1 Å². The molecule has 0 saturated heterocycles. The Morgan fingerprint density at radius 1 is 1.00 bits per heavy atom. The molecule has 0 spiro atoms. The number of amides is 1. The summed E-state index contributed by atoms with van der Waals surface area (Å²) >= 11 is 0. The first kappa shape index (κ1) is 17.0. The number of aromatic hydroxyl groups is 1. The highest BCUT2D eigenvalue weighted by Crippen LogP contribution is 2.29. The summed E-state index contributed by atoms with van der Waals surface area (Å²) in [5.74, 6) is 0.943. The molecule has 0 saturated carbocycles. The number of rotatable bonds is 5. The van der Waals surface area contributed by atoms with Gasteiger partial charge in [-0.05, 0) is 41.5 Å². The zero-order valence-electron chi connectivity index (χ0n) is 15.0. The van der Waals surface area contributed by atoms with Crippen molar-refractivity contribution in [1.29, 1.82) is 0 Å². The molecule has 1 aromatic heterocycles. The Hall–Kier alpha value is -3.47. The van der Waals surface area contributed by atoms with E-state index in [1.54, 1.807) is 25.3 Å². The van der Waals surface area contributed by atoms with E-state index >= 15 is 0 Å². The van der Waals surface area contributed by atoms with Crippen LogP contribution >= 0.6 is 0 Å². The van der Waals surface area contributed by atoms with Gasteiger partial charge in [0.25, 0.3) is 0 Å². The maximum Gasteiger partial charge on any atom is 0.224 e. The number of phenols is 1. The first-order valence-electron chi connectivity index (χ1n) is 8.75. The van der Waals surface area contributed by atoms with Gasteiger partial charge in [0.1, 0.15) is 11.5 Å². The Morgan fingerprint density at radius 3 is 2.56 bits per heavy atom. The lowest BCUT2D eigenvalue weighted by molar-refractivity contribution is -0.120. The van der Waals surface area contributed by atoms with Gasteiger partial charge in [0, 0.05) is 28.9 Å². The fourth-order valence-electron chi connectivity index (χ4n) is 3.29. The Bertz CT molecular complexity index is 1130. The Balaban J connectivity index is 1.50. The van der Waals surface area contributed by atoms with Crippen LogP contribution in [0.3, 0.4) is 0 Å². The summed E-state index contributed by atoms with van der Waals surface area (Å²) < 4.78 is 5.28. The molecular weight excluding hydrogens is 340 g/mol. The molecule has 0 aliphatic rings. The standard InChI is InChI=1S/C22H20N2O3/c1-27-17-6-8-19-18-7-5-14(10-20(18)24-21(19)12-17)11-22(26)23-13-15-3-2-4-16(25)9-15/h2-10,12,24-25H,11,13H2,1H3,(H,23,26). The van der Waals surface area contributed by atoms with Crippen molar-refractivity contribution < 1.29 is 14.6 Å². The van der Waals surface area contributed by atoms with Crippen LogP contribution in [0, 0.1) is 0 Å².